The molecule has 0 aliphatic carbocycles. The number of hydrogen-bond acceptors (Lipinski definition) is 2. The summed E-state index contributed by atoms with van der Waals surface area (Å²) >= 11 is 0. The molecule has 21 heavy (non-hydrogen) atoms. The fourth-order valence-electron chi connectivity index (χ4n) is 1.78. The van der Waals surface area contributed by atoms with Crippen LogP contribution in [0.4, 0.5) is 23.2 Å². The minimum absolute atomic E-state index is 0.211. The van der Waals surface area contributed by atoms with E-state index in [-0.39, 0.29) is 12.2 Å². The Bertz CT molecular complexity index is 608. The Morgan fingerprint density at radius 2 is 1.71 bits per heavy atom. The number of anilines is 1. The molecule has 0 bridgehead atoms. The van der Waals surface area contributed by atoms with Crippen molar-refractivity contribution in [2.24, 2.45) is 0 Å². The second kappa shape index (κ2) is 6.03. The van der Waals surface area contributed by atoms with Crippen LogP contribution in [0.15, 0.2) is 42.5 Å². The van der Waals surface area contributed by atoms with Gasteiger partial charge in [0.2, 0.25) is 0 Å². The summed E-state index contributed by atoms with van der Waals surface area (Å²) in [5.74, 6) is 0.0361. The van der Waals surface area contributed by atoms with Crippen LogP contribution in [0.25, 0.3) is 0 Å². The molecule has 0 saturated heterocycles. The molecular weight excluding hydrogens is 286 g/mol. The van der Waals surface area contributed by atoms with Gasteiger partial charge in [-0.25, -0.2) is 4.39 Å². The van der Waals surface area contributed by atoms with Crippen LogP contribution in [0.5, 0.6) is 5.75 Å². The van der Waals surface area contributed by atoms with E-state index >= 15 is 0 Å². The van der Waals surface area contributed by atoms with Crippen molar-refractivity contribution in [3.8, 4) is 5.75 Å². The van der Waals surface area contributed by atoms with Gasteiger partial charge in [0, 0.05) is 12.6 Å². The minimum Gasteiger partial charge on any atom is -0.497 e. The maximum absolute atomic E-state index is 13.6. The first kappa shape index (κ1) is 15.2. The van der Waals surface area contributed by atoms with Crippen LogP contribution in [0, 0.1) is 5.82 Å². The van der Waals surface area contributed by atoms with Gasteiger partial charge in [-0.15, -0.1) is 0 Å². The zero-order chi connectivity index (χ0) is 15.5. The average Bonchev–Trinajstić information content (AvgIpc) is 2.46. The van der Waals surface area contributed by atoms with Crippen LogP contribution in [-0.2, 0) is 12.7 Å². The van der Waals surface area contributed by atoms with E-state index in [0.29, 0.717) is 11.3 Å². The number of halogens is 4. The fourth-order valence-corrected chi connectivity index (χ4v) is 1.78. The zero-order valence-electron chi connectivity index (χ0n) is 11.2. The van der Waals surface area contributed by atoms with E-state index in [0.717, 1.165) is 12.1 Å². The lowest BCUT2D eigenvalue weighted by atomic mass is 10.1. The molecule has 0 unspecified atom stereocenters. The molecule has 0 radical (unpaired) electrons. The molecule has 0 spiro atoms. The van der Waals surface area contributed by atoms with Crippen molar-refractivity contribution in [3.05, 3.63) is 59.4 Å². The molecule has 0 aromatic heterocycles. The molecule has 6 heteroatoms. The van der Waals surface area contributed by atoms with Crippen molar-refractivity contribution in [2.45, 2.75) is 12.7 Å². The third kappa shape index (κ3) is 3.87. The average molecular weight is 299 g/mol. The predicted molar refractivity (Wildman–Crippen MR) is 71.7 cm³/mol. The lowest BCUT2D eigenvalue weighted by molar-refractivity contribution is -0.137. The van der Waals surface area contributed by atoms with Gasteiger partial charge in [0.25, 0.3) is 0 Å². The van der Waals surface area contributed by atoms with Crippen LogP contribution < -0.4 is 10.1 Å². The van der Waals surface area contributed by atoms with Crippen LogP contribution in [0.2, 0.25) is 0 Å². The number of methoxy groups -OCH3 is 1. The molecule has 0 heterocycles. The van der Waals surface area contributed by atoms with Crippen molar-refractivity contribution in [1.82, 2.24) is 0 Å². The third-order valence-corrected chi connectivity index (χ3v) is 2.94. The van der Waals surface area contributed by atoms with Crippen molar-refractivity contribution in [1.29, 1.82) is 0 Å². The smallest absolute Gasteiger partial charge is 0.416 e. The van der Waals surface area contributed by atoms with Crippen molar-refractivity contribution >= 4 is 5.69 Å². The largest absolute Gasteiger partial charge is 0.497 e. The highest BCUT2D eigenvalue weighted by Gasteiger charge is 2.29. The highest BCUT2D eigenvalue weighted by molar-refractivity contribution is 5.50. The van der Waals surface area contributed by atoms with Gasteiger partial charge in [0.05, 0.1) is 18.4 Å². The van der Waals surface area contributed by atoms with Gasteiger partial charge in [-0.1, -0.05) is 12.1 Å². The van der Waals surface area contributed by atoms with Crippen molar-refractivity contribution in [3.63, 3.8) is 0 Å². The van der Waals surface area contributed by atoms with E-state index in [1.54, 1.807) is 0 Å². The van der Waals surface area contributed by atoms with Crippen LogP contribution in [-0.4, -0.2) is 7.11 Å². The van der Waals surface area contributed by atoms with Gasteiger partial charge in [-0.05, 0) is 29.8 Å². The second-order valence-corrected chi connectivity index (χ2v) is 4.39. The molecule has 2 aromatic carbocycles. The molecule has 0 fully saturated rings. The first-order valence-corrected chi connectivity index (χ1v) is 6.13. The summed E-state index contributed by atoms with van der Waals surface area (Å²) in [6, 6.07) is 8.94. The highest BCUT2D eigenvalue weighted by Crippen LogP contribution is 2.29. The summed E-state index contributed by atoms with van der Waals surface area (Å²) in [5, 5.41) is 2.83. The molecule has 2 aromatic rings. The van der Waals surface area contributed by atoms with Crippen molar-refractivity contribution in [2.75, 3.05) is 12.4 Å². The highest BCUT2D eigenvalue weighted by atomic mass is 19.4. The first-order chi connectivity index (χ1) is 9.90. The quantitative estimate of drug-likeness (QED) is 0.841. The van der Waals surface area contributed by atoms with Gasteiger partial charge in [0.1, 0.15) is 11.6 Å². The summed E-state index contributed by atoms with van der Waals surface area (Å²) in [7, 11) is 1.47. The Morgan fingerprint density at radius 3 is 2.29 bits per heavy atom. The number of rotatable bonds is 4. The van der Waals surface area contributed by atoms with E-state index in [1.807, 2.05) is 0 Å². The number of ether oxygens (including phenoxy) is 1. The van der Waals surface area contributed by atoms with E-state index in [2.05, 4.69) is 5.32 Å². The Morgan fingerprint density at radius 1 is 1.05 bits per heavy atom. The summed E-state index contributed by atoms with van der Waals surface area (Å²) < 4.78 is 55.8. The summed E-state index contributed by atoms with van der Waals surface area (Å²) in [5.41, 5.74) is 0.137. The topological polar surface area (TPSA) is 21.3 Å². The Kier molecular flexibility index (Phi) is 4.35. The molecule has 0 atom stereocenters. The summed E-state index contributed by atoms with van der Waals surface area (Å²) in [6.45, 7) is 0.211. The van der Waals surface area contributed by atoms with Gasteiger partial charge in [-0.2, -0.15) is 13.2 Å². The molecule has 2 rings (SSSR count). The molecular formula is C15H13F4NO. The number of hydrogen-bond donors (Lipinski definition) is 1. The number of benzene rings is 2. The van der Waals surface area contributed by atoms with Crippen LogP contribution in [0.3, 0.4) is 0 Å². The zero-order valence-corrected chi connectivity index (χ0v) is 11.2. The maximum Gasteiger partial charge on any atom is 0.416 e. The Labute approximate surface area is 119 Å². The first-order valence-electron chi connectivity index (χ1n) is 6.13. The van der Waals surface area contributed by atoms with Crippen LogP contribution in [0.1, 0.15) is 11.1 Å². The molecule has 112 valence electrons. The monoisotopic (exact) mass is 299 g/mol. The minimum atomic E-state index is -4.36. The van der Waals surface area contributed by atoms with Gasteiger partial charge >= 0.3 is 6.18 Å². The van der Waals surface area contributed by atoms with E-state index in [1.165, 1.54) is 37.4 Å². The summed E-state index contributed by atoms with van der Waals surface area (Å²) in [6.07, 6.45) is -4.36. The van der Waals surface area contributed by atoms with Crippen LogP contribution >= 0.6 is 0 Å². The summed E-state index contributed by atoms with van der Waals surface area (Å²) in [4.78, 5) is 0. The second-order valence-electron chi connectivity index (χ2n) is 4.39. The lowest BCUT2D eigenvalue weighted by Gasteiger charge is -2.11. The molecule has 0 aliphatic heterocycles. The third-order valence-electron chi connectivity index (χ3n) is 2.94. The van der Waals surface area contributed by atoms with E-state index in [9.17, 15) is 17.6 Å². The molecule has 0 saturated carbocycles. The number of alkyl halides is 3. The molecule has 2 nitrogen and oxygen atoms in total. The van der Waals surface area contributed by atoms with Gasteiger partial charge in [0.15, 0.2) is 0 Å². The Hall–Kier alpha value is -2.24. The Balaban J connectivity index is 2.06. The van der Waals surface area contributed by atoms with Gasteiger partial charge < -0.3 is 10.1 Å². The van der Waals surface area contributed by atoms with Gasteiger partial charge in [-0.3, -0.25) is 0 Å². The van der Waals surface area contributed by atoms with E-state index < -0.39 is 17.6 Å². The maximum atomic E-state index is 13.6. The van der Waals surface area contributed by atoms with Crippen molar-refractivity contribution < 1.29 is 22.3 Å². The predicted octanol–water partition coefficient (Wildman–Crippen LogP) is 4.47. The fraction of sp³-hybridized carbons (Fsp3) is 0.200. The van der Waals surface area contributed by atoms with E-state index in [4.69, 9.17) is 4.74 Å². The lowest BCUT2D eigenvalue weighted by Crippen LogP contribution is -2.06. The molecule has 1 N–H and O–H groups in total. The standard InChI is InChI=1S/C15H13F4NO/c1-21-12-6-7-13(16)14(8-12)20-9-10-2-4-11(5-3-10)15(17,18)19/h2-8,20H,9H2,1H3. The molecule has 0 amide bonds. The molecule has 0 aliphatic rings. The SMILES string of the molecule is COc1ccc(F)c(NCc2ccc(C(F)(F)F)cc2)c1. The normalized spacial score (nSPS) is 11.3. The number of nitrogens with one attached hydrogen (secondary N) is 1.